The van der Waals surface area contributed by atoms with Crippen LogP contribution in [-0.2, 0) is 13.1 Å². The molecular formula is C17H15Cl2N3O3. The van der Waals surface area contributed by atoms with Gasteiger partial charge in [0.05, 0.1) is 24.0 Å². The lowest BCUT2D eigenvalue weighted by Gasteiger charge is -2.08. The van der Waals surface area contributed by atoms with Crippen LogP contribution in [0.5, 0.6) is 0 Å². The van der Waals surface area contributed by atoms with Crippen LogP contribution in [0, 0.1) is 13.8 Å². The molecule has 0 atom stereocenters. The second-order valence-electron chi connectivity index (χ2n) is 5.64. The molecule has 6 nitrogen and oxygen atoms in total. The predicted octanol–water partition coefficient (Wildman–Crippen LogP) is 3.49. The topological polar surface area (TPSA) is 70.0 Å². The smallest absolute Gasteiger partial charge is 0.287 e. The fourth-order valence-electron chi connectivity index (χ4n) is 2.66. The van der Waals surface area contributed by atoms with E-state index in [0.717, 1.165) is 21.8 Å². The highest BCUT2D eigenvalue weighted by Crippen LogP contribution is 2.19. The third kappa shape index (κ3) is 3.41. The molecule has 0 saturated carbocycles. The van der Waals surface area contributed by atoms with E-state index in [0.29, 0.717) is 12.1 Å². The fraction of sp³-hybridized carbons (Fsp3) is 0.235. The van der Waals surface area contributed by atoms with Gasteiger partial charge >= 0.3 is 0 Å². The first kappa shape index (κ1) is 17.5. The summed E-state index contributed by atoms with van der Waals surface area (Å²) in [5.41, 5.74) is 1.66. The molecule has 0 saturated heterocycles. The van der Waals surface area contributed by atoms with Gasteiger partial charge in [-0.3, -0.25) is 9.59 Å². The number of carbonyl (C=O) groups excluding carboxylic acids is 1. The molecule has 25 heavy (non-hydrogen) atoms. The monoisotopic (exact) mass is 379 g/mol. The summed E-state index contributed by atoms with van der Waals surface area (Å²) in [5, 5.41) is 3.79. The van der Waals surface area contributed by atoms with Crippen molar-refractivity contribution in [3.63, 3.8) is 0 Å². The van der Waals surface area contributed by atoms with Gasteiger partial charge in [0, 0.05) is 17.0 Å². The van der Waals surface area contributed by atoms with Crippen LogP contribution in [-0.4, -0.2) is 20.1 Å². The molecule has 3 aromatic heterocycles. The van der Waals surface area contributed by atoms with Crippen LogP contribution in [0.1, 0.15) is 27.5 Å². The number of aryl methyl sites for hydroxylation is 1. The molecule has 0 amide bonds. The molecule has 0 N–H and O–H groups in total. The predicted molar refractivity (Wildman–Crippen MR) is 94.6 cm³/mol. The molecular weight excluding hydrogens is 365 g/mol. The van der Waals surface area contributed by atoms with Gasteiger partial charge in [0.1, 0.15) is 17.3 Å². The summed E-state index contributed by atoms with van der Waals surface area (Å²) in [6, 6.07) is 5.49. The van der Waals surface area contributed by atoms with Gasteiger partial charge in [0.2, 0.25) is 0 Å². The number of hydrogen-bond donors (Lipinski definition) is 0. The van der Waals surface area contributed by atoms with E-state index in [1.165, 1.54) is 6.20 Å². The Morgan fingerprint density at radius 1 is 1.32 bits per heavy atom. The third-order valence-corrected chi connectivity index (χ3v) is 4.75. The Hall–Kier alpha value is -2.31. The van der Waals surface area contributed by atoms with E-state index in [1.807, 2.05) is 30.5 Å². The number of carbonyl (C=O) groups is 1. The van der Waals surface area contributed by atoms with Crippen LogP contribution >= 0.6 is 23.2 Å². The van der Waals surface area contributed by atoms with Gasteiger partial charge in [-0.1, -0.05) is 23.2 Å². The van der Waals surface area contributed by atoms with Crippen molar-refractivity contribution in [1.29, 1.82) is 0 Å². The van der Waals surface area contributed by atoms with E-state index in [9.17, 15) is 9.59 Å². The van der Waals surface area contributed by atoms with Crippen molar-refractivity contribution in [2.45, 2.75) is 26.9 Å². The minimum Gasteiger partial charge on any atom is -0.467 e. The maximum Gasteiger partial charge on any atom is 0.287 e. The molecule has 3 heterocycles. The van der Waals surface area contributed by atoms with Gasteiger partial charge in [-0.05, 0) is 32.0 Å². The summed E-state index contributed by atoms with van der Waals surface area (Å²) < 4.78 is 8.36. The molecule has 0 aliphatic carbocycles. The van der Waals surface area contributed by atoms with E-state index < -0.39 is 5.56 Å². The zero-order valence-electron chi connectivity index (χ0n) is 13.6. The summed E-state index contributed by atoms with van der Waals surface area (Å²) >= 11 is 11.6. The minimum atomic E-state index is -0.591. The number of ketones is 1. The highest BCUT2D eigenvalue weighted by molar-refractivity contribution is 6.41. The molecule has 0 aliphatic rings. The summed E-state index contributed by atoms with van der Waals surface area (Å²) in [5.74, 6) is 0.565. The first-order valence-electron chi connectivity index (χ1n) is 7.52. The second kappa shape index (κ2) is 6.90. The summed E-state index contributed by atoms with van der Waals surface area (Å²) in [4.78, 5) is 24.7. The lowest BCUT2D eigenvalue weighted by atomic mass is 10.1. The van der Waals surface area contributed by atoms with Crippen LogP contribution in [0.4, 0.5) is 0 Å². The van der Waals surface area contributed by atoms with E-state index in [2.05, 4.69) is 5.10 Å². The number of rotatable bonds is 5. The van der Waals surface area contributed by atoms with Gasteiger partial charge in [-0.15, -0.1) is 0 Å². The molecule has 8 heteroatoms. The van der Waals surface area contributed by atoms with Crippen LogP contribution in [0.25, 0.3) is 0 Å². The lowest BCUT2D eigenvalue weighted by molar-refractivity contribution is 0.0965. The Morgan fingerprint density at radius 2 is 2.08 bits per heavy atom. The number of halogens is 2. The molecule has 130 valence electrons. The first-order chi connectivity index (χ1) is 11.9. The normalized spacial score (nSPS) is 11.0. The average Bonchev–Trinajstić information content (AvgIpc) is 3.19. The third-order valence-electron chi connectivity index (χ3n) is 4.00. The minimum absolute atomic E-state index is 0.0620. The largest absolute Gasteiger partial charge is 0.467 e. The number of aromatic nitrogens is 3. The van der Waals surface area contributed by atoms with Crippen molar-refractivity contribution in [2.75, 3.05) is 0 Å². The van der Waals surface area contributed by atoms with Crippen molar-refractivity contribution in [1.82, 2.24) is 14.3 Å². The summed E-state index contributed by atoms with van der Waals surface area (Å²) in [6.45, 7) is 4.09. The molecule has 0 bridgehead atoms. The first-order valence-corrected chi connectivity index (χ1v) is 8.27. The molecule has 0 aliphatic heterocycles. The Bertz CT molecular complexity index is 987. The Morgan fingerprint density at radius 3 is 2.76 bits per heavy atom. The molecule has 3 aromatic rings. The number of Topliss-reactive ketones (excluding diaryl/α,β-unsaturated/α-hetero) is 1. The van der Waals surface area contributed by atoms with Crippen molar-refractivity contribution in [3.05, 3.63) is 73.8 Å². The standard InChI is InChI=1S/C17H15Cl2N3O3/c1-10-6-13(11(2)21(10)8-12-4-3-5-25-12)15(23)9-22-17(24)16(19)14(18)7-20-22/h3-7H,8-9H2,1-2H3. The average molecular weight is 380 g/mol. The fourth-order valence-corrected chi connectivity index (χ4v) is 2.93. The van der Waals surface area contributed by atoms with Gasteiger partial charge in [0.25, 0.3) is 5.56 Å². The Labute approximate surface area is 153 Å². The summed E-state index contributed by atoms with van der Waals surface area (Å²) in [6.07, 6.45) is 2.86. The molecule has 0 aromatic carbocycles. The number of hydrogen-bond acceptors (Lipinski definition) is 4. The highest BCUT2D eigenvalue weighted by atomic mass is 35.5. The van der Waals surface area contributed by atoms with E-state index in [-0.39, 0.29) is 22.4 Å². The van der Waals surface area contributed by atoms with Crippen molar-refractivity contribution < 1.29 is 9.21 Å². The second-order valence-corrected chi connectivity index (χ2v) is 6.43. The van der Waals surface area contributed by atoms with Gasteiger partial charge in [-0.2, -0.15) is 5.10 Å². The van der Waals surface area contributed by atoms with Crippen molar-refractivity contribution >= 4 is 29.0 Å². The van der Waals surface area contributed by atoms with Crippen molar-refractivity contribution in [2.24, 2.45) is 0 Å². The Balaban J connectivity index is 1.88. The summed E-state index contributed by atoms with van der Waals surface area (Å²) in [7, 11) is 0. The van der Waals surface area contributed by atoms with Crippen LogP contribution in [0.3, 0.4) is 0 Å². The zero-order chi connectivity index (χ0) is 18.1. The molecule has 0 unspecified atom stereocenters. The van der Waals surface area contributed by atoms with Gasteiger partial charge in [0.15, 0.2) is 5.78 Å². The molecule has 3 rings (SSSR count). The maximum atomic E-state index is 12.6. The van der Waals surface area contributed by atoms with Gasteiger partial charge < -0.3 is 8.98 Å². The van der Waals surface area contributed by atoms with Crippen molar-refractivity contribution in [3.8, 4) is 0 Å². The molecule has 0 fully saturated rings. The highest BCUT2D eigenvalue weighted by Gasteiger charge is 2.18. The Kier molecular flexibility index (Phi) is 4.83. The van der Waals surface area contributed by atoms with Crippen LogP contribution in [0.2, 0.25) is 10.0 Å². The number of furan rings is 1. The van der Waals surface area contributed by atoms with E-state index >= 15 is 0 Å². The van der Waals surface area contributed by atoms with E-state index in [1.54, 1.807) is 12.3 Å². The van der Waals surface area contributed by atoms with Crippen LogP contribution < -0.4 is 5.56 Å². The molecule has 0 spiro atoms. The quantitative estimate of drug-likeness (QED) is 0.636. The lowest BCUT2D eigenvalue weighted by Crippen LogP contribution is -2.27. The molecule has 0 radical (unpaired) electrons. The SMILES string of the molecule is Cc1cc(C(=O)Cn2ncc(Cl)c(Cl)c2=O)c(C)n1Cc1ccco1. The van der Waals surface area contributed by atoms with E-state index in [4.69, 9.17) is 27.6 Å². The van der Waals surface area contributed by atoms with Crippen LogP contribution in [0.15, 0.2) is 39.9 Å². The zero-order valence-corrected chi connectivity index (χ0v) is 15.1. The number of nitrogens with zero attached hydrogens (tertiary/aromatic N) is 3. The maximum absolute atomic E-state index is 12.6. The van der Waals surface area contributed by atoms with Gasteiger partial charge in [-0.25, -0.2) is 4.68 Å².